The summed E-state index contributed by atoms with van der Waals surface area (Å²) >= 11 is 0. The largest absolute Gasteiger partial charge is 0.322 e. The lowest BCUT2D eigenvalue weighted by atomic mass is 9.95. The number of benzene rings is 2. The number of hydrogen-bond acceptors (Lipinski definition) is 3. The van der Waals surface area contributed by atoms with E-state index >= 15 is 0 Å². The number of rotatable bonds is 6. The van der Waals surface area contributed by atoms with Crippen LogP contribution < -0.4 is 5.32 Å². The molecule has 1 aliphatic rings. The Morgan fingerprint density at radius 3 is 2.19 bits per heavy atom. The summed E-state index contributed by atoms with van der Waals surface area (Å²) in [6.07, 6.45) is 3.87. The van der Waals surface area contributed by atoms with Gasteiger partial charge in [-0.15, -0.1) is 0 Å². The third-order valence-corrected chi connectivity index (χ3v) is 7.97. The Balaban J connectivity index is 1.95. The maximum absolute atomic E-state index is 14.0. The molecule has 1 amide bonds. The predicted octanol–water partition coefficient (Wildman–Crippen LogP) is 4.99. The van der Waals surface area contributed by atoms with E-state index in [0.29, 0.717) is 30.0 Å². The van der Waals surface area contributed by atoms with Gasteiger partial charge in [-0.2, -0.15) is 4.31 Å². The van der Waals surface area contributed by atoms with Gasteiger partial charge in [0.05, 0.1) is 17.1 Å². The summed E-state index contributed by atoms with van der Waals surface area (Å²) in [5.41, 5.74) is 1.54. The van der Waals surface area contributed by atoms with E-state index in [-0.39, 0.29) is 10.9 Å². The van der Waals surface area contributed by atoms with Crippen molar-refractivity contribution < 1.29 is 26.4 Å². The van der Waals surface area contributed by atoms with E-state index in [1.807, 2.05) is 6.92 Å². The van der Waals surface area contributed by atoms with E-state index < -0.39 is 45.6 Å². The minimum atomic E-state index is -4.05. The van der Waals surface area contributed by atoms with Crippen molar-refractivity contribution in [1.29, 1.82) is 0 Å². The SMILES string of the molecule is Cc1cc(C)c(S(=O)(=O)N(CC(=O)Nc2ccc(F)c(F)c2F)C2CCCCC2)c(C)c1. The summed E-state index contributed by atoms with van der Waals surface area (Å²) in [5.74, 6) is -5.44. The number of anilines is 1. The van der Waals surface area contributed by atoms with Crippen molar-refractivity contribution in [2.45, 2.75) is 63.8 Å². The van der Waals surface area contributed by atoms with E-state index in [1.165, 1.54) is 4.31 Å². The fourth-order valence-corrected chi connectivity index (χ4v) is 6.48. The molecule has 1 saturated carbocycles. The van der Waals surface area contributed by atoms with E-state index in [2.05, 4.69) is 5.32 Å². The summed E-state index contributed by atoms with van der Waals surface area (Å²) in [6.45, 7) is 4.74. The highest BCUT2D eigenvalue weighted by atomic mass is 32.2. The number of halogens is 3. The molecule has 32 heavy (non-hydrogen) atoms. The van der Waals surface area contributed by atoms with Crippen molar-refractivity contribution in [2.24, 2.45) is 0 Å². The molecule has 1 aliphatic carbocycles. The standard InChI is InChI=1S/C23H27F3N2O3S/c1-14-11-15(2)23(16(3)12-14)32(30,31)28(17-7-5-4-6-8-17)13-20(29)27-19-10-9-18(24)21(25)22(19)26/h9-12,17H,4-8,13H2,1-3H3,(H,27,29). The monoisotopic (exact) mass is 468 g/mol. The van der Waals surface area contributed by atoms with Crippen LogP contribution in [0.25, 0.3) is 0 Å². The number of nitrogens with one attached hydrogen (secondary N) is 1. The number of carbonyl (C=O) groups is 1. The topological polar surface area (TPSA) is 66.5 Å². The van der Waals surface area contributed by atoms with Gasteiger partial charge in [0.25, 0.3) is 0 Å². The highest BCUT2D eigenvalue weighted by Gasteiger charge is 2.36. The fraction of sp³-hybridized carbons (Fsp3) is 0.435. The minimum absolute atomic E-state index is 0.153. The van der Waals surface area contributed by atoms with E-state index in [9.17, 15) is 26.4 Å². The van der Waals surface area contributed by atoms with E-state index in [1.54, 1.807) is 26.0 Å². The van der Waals surface area contributed by atoms with Gasteiger partial charge in [-0.3, -0.25) is 4.79 Å². The van der Waals surface area contributed by atoms with E-state index in [4.69, 9.17) is 0 Å². The third kappa shape index (κ3) is 4.99. The molecule has 0 bridgehead atoms. The number of aryl methyl sites for hydroxylation is 3. The van der Waals surface area contributed by atoms with Gasteiger partial charge >= 0.3 is 0 Å². The van der Waals surface area contributed by atoms with Crippen LogP contribution in [0.2, 0.25) is 0 Å². The first-order chi connectivity index (χ1) is 15.0. The summed E-state index contributed by atoms with van der Waals surface area (Å²) in [6, 6.07) is 4.77. The Bertz CT molecular complexity index is 1110. The van der Waals surface area contributed by atoms with Gasteiger partial charge in [-0.05, 0) is 56.9 Å². The lowest BCUT2D eigenvalue weighted by Gasteiger charge is -2.33. The molecule has 2 aromatic carbocycles. The van der Waals surface area contributed by atoms with Gasteiger partial charge in [0.2, 0.25) is 15.9 Å². The van der Waals surface area contributed by atoms with Crippen molar-refractivity contribution in [3.05, 3.63) is 58.4 Å². The van der Waals surface area contributed by atoms with Gasteiger partial charge in [-0.1, -0.05) is 37.0 Å². The second-order valence-corrected chi connectivity index (χ2v) is 10.2. The minimum Gasteiger partial charge on any atom is -0.322 e. The van der Waals surface area contributed by atoms with Gasteiger partial charge in [0, 0.05) is 6.04 Å². The zero-order valence-corrected chi connectivity index (χ0v) is 19.2. The molecule has 9 heteroatoms. The smallest absolute Gasteiger partial charge is 0.244 e. The molecule has 0 spiro atoms. The molecule has 0 radical (unpaired) electrons. The second kappa shape index (κ2) is 9.62. The molecule has 174 valence electrons. The van der Waals surface area contributed by atoms with Crippen molar-refractivity contribution in [3.63, 3.8) is 0 Å². The van der Waals surface area contributed by atoms with Crippen LogP contribution in [-0.2, 0) is 14.8 Å². The zero-order chi connectivity index (χ0) is 23.6. The number of sulfonamides is 1. The van der Waals surface area contributed by atoms with Crippen LogP contribution in [-0.4, -0.2) is 31.2 Å². The Labute approximate surface area is 186 Å². The van der Waals surface area contributed by atoms with Crippen LogP contribution in [0.3, 0.4) is 0 Å². The van der Waals surface area contributed by atoms with Gasteiger partial charge in [0.1, 0.15) is 0 Å². The summed E-state index contributed by atoms with van der Waals surface area (Å²) < 4.78 is 69.3. The number of amides is 1. The maximum Gasteiger partial charge on any atom is 0.244 e. The van der Waals surface area contributed by atoms with Crippen molar-refractivity contribution >= 4 is 21.6 Å². The summed E-state index contributed by atoms with van der Waals surface area (Å²) in [4.78, 5) is 12.9. The lowest BCUT2D eigenvalue weighted by molar-refractivity contribution is -0.116. The molecule has 0 atom stereocenters. The average molecular weight is 469 g/mol. The lowest BCUT2D eigenvalue weighted by Crippen LogP contribution is -2.46. The third-order valence-electron chi connectivity index (χ3n) is 5.76. The first-order valence-electron chi connectivity index (χ1n) is 10.6. The van der Waals surface area contributed by atoms with Crippen LogP contribution >= 0.6 is 0 Å². The molecule has 1 fully saturated rings. The number of carbonyl (C=O) groups excluding carboxylic acids is 1. The van der Waals surface area contributed by atoms with Crippen LogP contribution in [0.5, 0.6) is 0 Å². The highest BCUT2D eigenvalue weighted by Crippen LogP contribution is 2.31. The quantitative estimate of drug-likeness (QED) is 0.608. The molecule has 0 aromatic heterocycles. The van der Waals surface area contributed by atoms with Crippen molar-refractivity contribution in [2.75, 3.05) is 11.9 Å². The van der Waals surface area contributed by atoms with Gasteiger partial charge in [0.15, 0.2) is 17.5 Å². The number of nitrogens with zero attached hydrogens (tertiary/aromatic N) is 1. The first kappa shape index (κ1) is 24.3. The molecule has 3 rings (SSSR count). The van der Waals surface area contributed by atoms with Gasteiger partial charge < -0.3 is 5.32 Å². The van der Waals surface area contributed by atoms with Crippen molar-refractivity contribution in [3.8, 4) is 0 Å². The highest BCUT2D eigenvalue weighted by molar-refractivity contribution is 7.89. The summed E-state index contributed by atoms with van der Waals surface area (Å²) in [5, 5.41) is 2.18. The predicted molar refractivity (Wildman–Crippen MR) is 116 cm³/mol. The normalized spacial score (nSPS) is 15.2. The number of hydrogen-bond donors (Lipinski definition) is 1. The van der Waals surface area contributed by atoms with Crippen LogP contribution in [0.4, 0.5) is 18.9 Å². The molecular weight excluding hydrogens is 441 g/mol. The van der Waals surface area contributed by atoms with Gasteiger partial charge in [-0.25, -0.2) is 21.6 Å². The molecule has 0 heterocycles. The van der Waals surface area contributed by atoms with Crippen LogP contribution in [0.15, 0.2) is 29.2 Å². The first-order valence-corrected chi connectivity index (χ1v) is 12.0. The molecule has 0 saturated heterocycles. The zero-order valence-electron chi connectivity index (χ0n) is 18.3. The Kier molecular flexibility index (Phi) is 7.29. The average Bonchev–Trinajstić information content (AvgIpc) is 2.72. The molecule has 0 unspecified atom stereocenters. The summed E-state index contributed by atoms with van der Waals surface area (Å²) in [7, 11) is -4.05. The maximum atomic E-state index is 14.0. The Hall–Kier alpha value is -2.39. The molecular formula is C23H27F3N2O3S. The van der Waals surface area contributed by atoms with Crippen LogP contribution in [0, 0.1) is 38.2 Å². The Morgan fingerprint density at radius 1 is 1.00 bits per heavy atom. The second-order valence-electron chi connectivity index (χ2n) is 8.34. The Morgan fingerprint density at radius 2 is 1.59 bits per heavy atom. The van der Waals surface area contributed by atoms with E-state index in [0.717, 1.165) is 30.9 Å². The fourth-order valence-electron chi connectivity index (χ4n) is 4.42. The van der Waals surface area contributed by atoms with Crippen LogP contribution in [0.1, 0.15) is 48.8 Å². The molecule has 2 aromatic rings. The molecule has 0 aliphatic heterocycles. The molecule has 5 nitrogen and oxygen atoms in total. The van der Waals surface area contributed by atoms with Crippen molar-refractivity contribution in [1.82, 2.24) is 4.31 Å². The molecule has 1 N–H and O–H groups in total.